The molecule has 1 aromatic carbocycles. The van der Waals surface area contributed by atoms with E-state index in [9.17, 15) is 9.59 Å². The zero-order chi connectivity index (χ0) is 19.2. The van der Waals surface area contributed by atoms with Crippen molar-refractivity contribution in [2.45, 2.75) is 26.3 Å². The standard InChI is InChI=1S/C20H26N4O3/c1-15-21-9-12-24(15)13-16-7-10-23(11-8-16)14-19(25)22-18-5-3-17(4-6-18)20(26)27-2/h3-6,9,12,16H,7-8,10-11,13-14H2,1-2H3,(H,22,25). The van der Waals surface area contributed by atoms with Crippen LogP contribution in [0.5, 0.6) is 0 Å². The Bertz CT molecular complexity index is 777. The number of piperidine rings is 1. The second kappa shape index (κ2) is 8.81. The summed E-state index contributed by atoms with van der Waals surface area (Å²) in [4.78, 5) is 30.2. The number of likely N-dealkylation sites (tertiary alicyclic amines) is 1. The highest BCUT2D eigenvalue weighted by Gasteiger charge is 2.21. The van der Waals surface area contributed by atoms with Crippen LogP contribution in [0.15, 0.2) is 36.7 Å². The van der Waals surface area contributed by atoms with Crippen molar-refractivity contribution < 1.29 is 14.3 Å². The van der Waals surface area contributed by atoms with E-state index in [0.717, 1.165) is 38.3 Å². The lowest BCUT2D eigenvalue weighted by Gasteiger charge is -2.31. The maximum atomic E-state index is 12.3. The van der Waals surface area contributed by atoms with Crippen LogP contribution in [0, 0.1) is 12.8 Å². The molecule has 0 atom stereocenters. The van der Waals surface area contributed by atoms with Gasteiger partial charge in [-0.05, 0) is 63.0 Å². The first-order valence-electron chi connectivity index (χ1n) is 9.23. The van der Waals surface area contributed by atoms with Crippen molar-refractivity contribution in [1.29, 1.82) is 0 Å². The number of ether oxygens (including phenoxy) is 1. The van der Waals surface area contributed by atoms with Crippen LogP contribution in [-0.2, 0) is 16.1 Å². The smallest absolute Gasteiger partial charge is 0.337 e. The molecule has 0 unspecified atom stereocenters. The molecule has 0 radical (unpaired) electrons. The van der Waals surface area contributed by atoms with Gasteiger partial charge in [0.1, 0.15) is 5.82 Å². The van der Waals surface area contributed by atoms with Gasteiger partial charge in [-0.25, -0.2) is 9.78 Å². The van der Waals surface area contributed by atoms with Crippen LogP contribution in [0.4, 0.5) is 5.69 Å². The van der Waals surface area contributed by atoms with Crippen LogP contribution >= 0.6 is 0 Å². The third-order valence-corrected chi connectivity index (χ3v) is 5.04. The molecule has 3 rings (SSSR count). The number of aryl methyl sites for hydroxylation is 1. The zero-order valence-electron chi connectivity index (χ0n) is 15.9. The zero-order valence-corrected chi connectivity index (χ0v) is 15.9. The Hall–Kier alpha value is -2.67. The Kier molecular flexibility index (Phi) is 6.24. The number of aromatic nitrogens is 2. The summed E-state index contributed by atoms with van der Waals surface area (Å²) >= 11 is 0. The Labute approximate surface area is 159 Å². The molecule has 2 heterocycles. The van der Waals surface area contributed by atoms with Crippen LogP contribution in [0.1, 0.15) is 29.0 Å². The molecule has 1 N–H and O–H groups in total. The number of carbonyl (C=O) groups is 2. The van der Waals surface area contributed by atoms with Gasteiger partial charge >= 0.3 is 5.97 Å². The van der Waals surface area contributed by atoms with Crippen molar-refractivity contribution in [2.24, 2.45) is 5.92 Å². The molecule has 1 aromatic heterocycles. The minimum atomic E-state index is -0.387. The van der Waals surface area contributed by atoms with E-state index in [1.165, 1.54) is 7.11 Å². The van der Waals surface area contributed by atoms with Gasteiger partial charge in [0.2, 0.25) is 5.91 Å². The SMILES string of the molecule is COC(=O)c1ccc(NC(=O)CN2CCC(Cn3ccnc3C)CC2)cc1. The molecular formula is C20H26N4O3. The fourth-order valence-corrected chi connectivity index (χ4v) is 3.41. The lowest BCUT2D eigenvalue weighted by molar-refractivity contribution is -0.117. The number of hydrogen-bond donors (Lipinski definition) is 1. The van der Waals surface area contributed by atoms with E-state index in [0.29, 0.717) is 23.7 Å². The number of methoxy groups -OCH3 is 1. The monoisotopic (exact) mass is 370 g/mol. The minimum Gasteiger partial charge on any atom is -0.465 e. The highest BCUT2D eigenvalue weighted by atomic mass is 16.5. The summed E-state index contributed by atoms with van der Waals surface area (Å²) < 4.78 is 6.87. The van der Waals surface area contributed by atoms with Crippen molar-refractivity contribution in [2.75, 3.05) is 32.1 Å². The number of esters is 1. The van der Waals surface area contributed by atoms with Gasteiger partial charge in [0.05, 0.1) is 19.2 Å². The molecule has 2 aromatic rings. The number of hydrogen-bond acceptors (Lipinski definition) is 5. The molecule has 1 amide bonds. The summed E-state index contributed by atoms with van der Waals surface area (Å²) in [6, 6.07) is 6.71. The molecule has 0 saturated carbocycles. The van der Waals surface area contributed by atoms with Crippen molar-refractivity contribution in [3.63, 3.8) is 0 Å². The van der Waals surface area contributed by atoms with Crippen LogP contribution in [0.2, 0.25) is 0 Å². The first-order valence-corrected chi connectivity index (χ1v) is 9.23. The normalized spacial score (nSPS) is 15.5. The molecule has 1 fully saturated rings. The van der Waals surface area contributed by atoms with Gasteiger partial charge < -0.3 is 14.6 Å². The molecule has 0 aliphatic carbocycles. The lowest BCUT2D eigenvalue weighted by atomic mass is 9.96. The molecule has 7 heteroatoms. The molecule has 0 spiro atoms. The predicted molar refractivity (Wildman–Crippen MR) is 103 cm³/mol. The van der Waals surface area contributed by atoms with Crippen molar-refractivity contribution in [3.05, 3.63) is 48.0 Å². The van der Waals surface area contributed by atoms with Crippen LogP contribution in [-0.4, -0.2) is 53.1 Å². The molecule has 144 valence electrons. The van der Waals surface area contributed by atoms with E-state index in [1.54, 1.807) is 24.3 Å². The van der Waals surface area contributed by atoms with E-state index in [1.807, 2.05) is 19.3 Å². The van der Waals surface area contributed by atoms with Crippen LogP contribution in [0.3, 0.4) is 0 Å². The summed E-state index contributed by atoms with van der Waals surface area (Å²) in [7, 11) is 1.35. The van der Waals surface area contributed by atoms with E-state index >= 15 is 0 Å². The van der Waals surface area contributed by atoms with E-state index in [4.69, 9.17) is 0 Å². The van der Waals surface area contributed by atoms with Gasteiger partial charge in [0.25, 0.3) is 0 Å². The van der Waals surface area contributed by atoms with Gasteiger partial charge in [-0.2, -0.15) is 0 Å². The number of rotatable bonds is 6. The van der Waals surface area contributed by atoms with E-state index in [-0.39, 0.29) is 11.9 Å². The summed E-state index contributed by atoms with van der Waals surface area (Å²) in [5, 5.41) is 2.88. The largest absolute Gasteiger partial charge is 0.465 e. The third-order valence-electron chi connectivity index (χ3n) is 5.04. The second-order valence-corrected chi connectivity index (χ2v) is 6.96. The number of carbonyl (C=O) groups excluding carboxylic acids is 2. The van der Waals surface area contributed by atoms with Crippen molar-refractivity contribution in [1.82, 2.24) is 14.5 Å². The lowest BCUT2D eigenvalue weighted by Crippen LogP contribution is -2.40. The van der Waals surface area contributed by atoms with Gasteiger partial charge in [0, 0.05) is 24.6 Å². The summed E-state index contributed by atoms with van der Waals surface area (Å²) in [6.45, 7) is 5.26. The van der Waals surface area contributed by atoms with Gasteiger partial charge in [0.15, 0.2) is 0 Å². The van der Waals surface area contributed by atoms with Gasteiger partial charge in [-0.3, -0.25) is 9.69 Å². The number of nitrogens with zero attached hydrogens (tertiary/aromatic N) is 3. The molecule has 7 nitrogen and oxygen atoms in total. The topological polar surface area (TPSA) is 76.5 Å². The maximum Gasteiger partial charge on any atom is 0.337 e. The summed E-state index contributed by atoms with van der Waals surface area (Å²) in [5.41, 5.74) is 1.14. The Morgan fingerprint density at radius 3 is 2.52 bits per heavy atom. The number of imidazole rings is 1. The fourth-order valence-electron chi connectivity index (χ4n) is 3.41. The van der Waals surface area contributed by atoms with Crippen LogP contribution in [0.25, 0.3) is 0 Å². The summed E-state index contributed by atoms with van der Waals surface area (Å²) in [6.07, 6.45) is 6.03. The van der Waals surface area contributed by atoms with E-state index < -0.39 is 0 Å². The second-order valence-electron chi connectivity index (χ2n) is 6.96. The predicted octanol–water partition coefficient (Wildman–Crippen LogP) is 2.33. The number of anilines is 1. The molecule has 1 saturated heterocycles. The molecule has 1 aliphatic heterocycles. The quantitative estimate of drug-likeness (QED) is 0.790. The first kappa shape index (κ1) is 19.1. The van der Waals surface area contributed by atoms with Crippen molar-refractivity contribution in [3.8, 4) is 0 Å². The number of nitrogens with one attached hydrogen (secondary N) is 1. The average Bonchev–Trinajstić information content (AvgIpc) is 3.08. The van der Waals surface area contributed by atoms with Gasteiger partial charge in [-0.15, -0.1) is 0 Å². The summed E-state index contributed by atoms with van der Waals surface area (Å²) in [5.74, 6) is 1.25. The Morgan fingerprint density at radius 1 is 1.22 bits per heavy atom. The highest BCUT2D eigenvalue weighted by Crippen LogP contribution is 2.20. The maximum absolute atomic E-state index is 12.3. The Morgan fingerprint density at radius 2 is 1.93 bits per heavy atom. The Balaban J connectivity index is 1.43. The average molecular weight is 370 g/mol. The first-order chi connectivity index (χ1) is 13.0. The number of amides is 1. The molecular weight excluding hydrogens is 344 g/mol. The fraction of sp³-hybridized carbons (Fsp3) is 0.450. The van der Waals surface area contributed by atoms with E-state index in [2.05, 4.69) is 24.5 Å². The molecule has 1 aliphatic rings. The minimum absolute atomic E-state index is 0.0373. The van der Waals surface area contributed by atoms with Crippen molar-refractivity contribution >= 4 is 17.6 Å². The molecule has 0 bridgehead atoms. The third kappa shape index (κ3) is 5.17. The van der Waals surface area contributed by atoms with Crippen LogP contribution < -0.4 is 5.32 Å². The molecule has 27 heavy (non-hydrogen) atoms. The highest BCUT2D eigenvalue weighted by molar-refractivity contribution is 5.93. The van der Waals surface area contributed by atoms with Gasteiger partial charge in [-0.1, -0.05) is 0 Å². The number of benzene rings is 1.